The van der Waals surface area contributed by atoms with Crippen molar-refractivity contribution in [2.75, 3.05) is 19.0 Å². The number of hydrogen-bond acceptors (Lipinski definition) is 4. The van der Waals surface area contributed by atoms with Gasteiger partial charge in [-0.3, -0.25) is 4.79 Å². The largest absolute Gasteiger partial charge is 0.480 e. The molecule has 1 aliphatic heterocycles. The van der Waals surface area contributed by atoms with Crippen LogP contribution in [0.3, 0.4) is 0 Å². The van der Waals surface area contributed by atoms with E-state index < -0.39 is 37.3 Å². The van der Waals surface area contributed by atoms with Gasteiger partial charge in [-0.1, -0.05) is 0 Å². The highest BCUT2D eigenvalue weighted by Gasteiger charge is 2.39. The Labute approximate surface area is 105 Å². The number of carboxylic acids is 1. The van der Waals surface area contributed by atoms with Crippen LogP contribution in [-0.2, 0) is 14.3 Å². The number of alkyl halides is 3. The van der Waals surface area contributed by atoms with E-state index in [9.17, 15) is 22.8 Å². The molecule has 0 aromatic rings. The Hall–Kier alpha value is -0.960. The maximum Gasteiger partial charge on any atom is 0.411 e. The highest BCUT2D eigenvalue weighted by atomic mass is 32.2. The Balaban J connectivity index is 2.51. The van der Waals surface area contributed by atoms with E-state index in [1.54, 1.807) is 6.92 Å². The molecule has 18 heavy (non-hydrogen) atoms. The molecule has 2 unspecified atom stereocenters. The SMILES string of the molecule is CC1SCC(C(=O)O)N1C(=O)COCC(F)(F)F. The number of rotatable bonds is 4. The van der Waals surface area contributed by atoms with Crippen LogP contribution in [0.2, 0.25) is 0 Å². The molecular formula is C9H12F3NO4S. The highest BCUT2D eigenvalue weighted by Crippen LogP contribution is 2.28. The zero-order chi connectivity index (χ0) is 13.9. The van der Waals surface area contributed by atoms with Crippen LogP contribution in [-0.4, -0.2) is 58.4 Å². The first kappa shape index (κ1) is 15.1. The minimum atomic E-state index is -4.50. The maximum atomic E-state index is 11.8. The van der Waals surface area contributed by atoms with E-state index in [0.717, 1.165) is 4.90 Å². The van der Waals surface area contributed by atoms with Gasteiger partial charge in [-0.25, -0.2) is 4.79 Å². The van der Waals surface area contributed by atoms with Crippen molar-refractivity contribution in [2.24, 2.45) is 0 Å². The molecule has 5 nitrogen and oxygen atoms in total. The summed E-state index contributed by atoms with van der Waals surface area (Å²) in [6.45, 7) is -0.671. The number of thioether (sulfide) groups is 1. The molecule has 1 N–H and O–H groups in total. The van der Waals surface area contributed by atoms with Crippen LogP contribution in [0.4, 0.5) is 13.2 Å². The van der Waals surface area contributed by atoms with Gasteiger partial charge in [0.15, 0.2) is 0 Å². The average Bonchev–Trinajstić information content (AvgIpc) is 2.58. The first-order chi connectivity index (χ1) is 8.22. The fourth-order valence-corrected chi connectivity index (χ4v) is 2.73. The molecular weight excluding hydrogens is 275 g/mol. The molecule has 1 saturated heterocycles. The lowest BCUT2D eigenvalue weighted by molar-refractivity contribution is -0.179. The predicted molar refractivity (Wildman–Crippen MR) is 57.1 cm³/mol. The van der Waals surface area contributed by atoms with Crippen molar-refractivity contribution in [2.45, 2.75) is 24.5 Å². The smallest absolute Gasteiger partial charge is 0.411 e. The number of aliphatic carboxylic acids is 1. The van der Waals surface area contributed by atoms with Crippen molar-refractivity contribution in [1.82, 2.24) is 4.90 Å². The molecule has 1 fully saturated rings. The molecule has 0 saturated carbocycles. The van der Waals surface area contributed by atoms with Crippen LogP contribution in [0.5, 0.6) is 0 Å². The summed E-state index contributed by atoms with van der Waals surface area (Å²) in [5.74, 6) is -1.69. The quantitative estimate of drug-likeness (QED) is 0.833. The Kier molecular flexibility index (Phi) is 4.85. The highest BCUT2D eigenvalue weighted by molar-refractivity contribution is 8.00. The third-order valence-electron chi connectivity index (χ3n) is 2.29. The van der Waals surface area contributed by atoms with Crippen LogP contribution in [0.25, 0.3) is 0 Å². The van der Waals surface area contributed by atoms with Crippen LogP contribution in [0.1, 0.15) is 6.92 Å². The number of amides is 1. The number of nitrogens with zero attached hydrogens (tertiary/aromatic N) is 1. The number of carbonyl (C=O) groups excluding carboxylic acids is 1. The van der Waals surface area contributed by atoms with Crippen molar-refractivity contribution < 1.29 is 32.6 Å². The molecule has 0 aromatic heterocycles. The minimum Gasteiger partial charge on any atom is -0.480 e. The molecule has 0 spiro atoms. The molecule has 1 amide bonds. The molecule has 0 aromatic carbocycles. The molecule has 1 heterocycles. The van der Waals surface area contributed by atoms with Crippen molar-refractivity contribution >= 4 is 23.6 Å². The maximum absolute atomic E-state index is 11.8. The molecule has 0 radical (unpaired) electrons. The molecule has 0 bridgehead atoms. The topological polar surface area (TPSA) is 66.8 Å². The number of carboxylic acid groups (broad SMARTS) is 1. The summed E-state index contributed by atoms with van der Waals surface area (Å²) >= 11 is 1.26. The lowest BCUT2D eigenvalue weighted by Gasteiger charge is -2.24. The summed E-state index contributed by atoms with van der Waals surface area (Å²) in [4.78, 5) is 23.5. The van der Waals surface area contributed by atoms with Gasteiger partial charge in [0.2, 0.25) is 5.91 Å². The second-order valence-corrected chi connectivity index (χ2v) is 5.04. The Bertz CT molecular complexity index is 336. The van der Waals surface area contributed by atoms with Gasteiger partial charge in [0, 0.05) is 5.75 Å². The summed E-state index contributed by atoms with van der Waals surface area (Å²) in [6, 6.07) is -1.01. The Morgan fingerprint density at radius 3 is 2.61 bits per heavy atom. The van der Waals surface area contributed by atoms with E-state index in [4.69, 9.17) is 5.11 Å². The zero-order valence-corrected chi connectivity index (χ0v) is 10.3. The number of hydrogen-bond donors (Lipinski definition) is 1. The van der Waals surface area contributed by atoms with Crippen molar-refractivity contribution in [3.8, 4) is 0 Å². The number of ether oxygens (including phenoxy) is 1. The van der Waals surface area contributed by atoms with Gasteiger partial charge in [-0.15, -0.1) is 11.8 Å². The second-order valence-electron chi connectivity index (χ2n) is 3.70. The summed E-state index contributed by atoms with van der Waals surface area (Å²) in [5, 5.41) is 8.50. The monoisotopic (exact) mass is 287 g/mol. The molecule has 9 heteroatoms. The van der Waals surface area contributed by atoms with Gasteiger partial charge in [0.05, 0.1) is 5.37 Å². The van der Waals surface area contributed by atoms with Crippen LogP contribution in [0, 0.1) is 0 Å². The summed E-state index contributed by atoms with van der Waals surface area (Å²) in [5.41, 5.74) is 0. The minimum absolute atomic E-state index is 0.224. The standard InChI is InChI=1S/C9H12F3NO4S/c1-5-13(6(3-18-5)8(15)16)7(14)2-17-4-9(10,11)12/h5-6H,2-4H2,1H3,(H,15,16). The fraction of sp³-hybridized carbons (Fsp3) is 0.778. The van der Waals surface area contributed by atoms with Gasteiger partial charge >= 0.3 is 12.1 Å². The Morgan fingerprint density at radius 2 is 2.11 bits per heavy atom. The number of carbonyl (C=O) groups is 2. The fourth-order valence-electron chi connectivity index (χ4n) is 1.54. The summed E-state index contributed by atoms with van der Waals surface area (Å²) in [6.07, 6.45) is -4.50. The van der Waals surface area contributed by atoms with Gasteiger partial charge in [-0.05, 0) is 6.92 Å². The van der Waals surface area contributed by atoms with Gasteiger partial charge in [-0.2, -0.15) is 13.2 Å². The van der Waals surface area contributed by atoms with E-state index in [0.29, 0.717) is 0 Å². The zero-order valence-electron chi connectivity index (χ0n) is 9.44. The lowest BCUT2D eigenvalue weighted by Crippen LogP contribution is -2.46. The van der Waals surface area contributed by atoms with Crippen LogP contribution in [0.15, 0.2) is 0 Å². The van der Waals surface area contributed by atoms with Crippen molar-refractivity contribution in [3.63, 3.8) is 0 Å². The van der Waals surface area contributed by atoms with E-state index in [1.165, 1.54) is 11.8 Å². The van der Waals surface area contributed by atoms with E-state index in [2.05, 4.69) is 4.74 Å². The first-order valence-electron chi connectivity index (χ1n) is 5.02. The van der Waals surface area contributed by atoms with Crippen LogP contribution >= 0.6 is 11.8 Å². The normalized spacial score (nSPS) is 24.3. The summed E-state index contributed by atoms with van der Waals surface area (Å²) in [7, 11) is 0. The molecule has 104 valence electrons. The molecule has 1 rings (SSSR count). The molecule has 2 atom stereocenters. The third kappa shape index (κ3) is 4.05. The Morgan fingerprint density at radius 1 is 1.50 bits per heavy atom. The van der Waals surface area contributed by atoms with E-state index >= 15 is 0 Å². The summed E-state index contributed by atoms with van der Waals surface area (Å²) < 4.78 is 39.7. The van der Waals surface area contributed by atoms with E-state index in [1.807, 2.05) is 0 Å². The van der Waals surface area contributed by atoms with Gasteiger partial charge < -0.3 is 14.7 Å². The molecule has 1 aliphatic rings. The second kappa shape index (κ2) is 5.79. The van der Waals surface area contributed by atoms with E-state index in [-0.39, 0.29) is 11.1 Å². The lowest BCUT2D eigenvalue weighted by atomic mass is 10.3. The predicted octanol–water partition coefficient (Wildman–Crippen LogP) is 0.940. The van der Waals surface area contributed by atoms with Crippen LogP contribution < -0.4 is 0 Å². The van der Waals surface area contributed by atoms with Crippen molar-refractivity contribution in [3.05, 3.63) is 0 Å². The number of halogens is 3. The van der Waals surface area contributed by atoms with Gasteiger partial charge in [0.1, 0.15) is 19.3 Å². The molecule has 0 aliphatic carbocycles. The average molecular weight is 287 g/mol. The third-order valence-corrected chi connectivity index (χ3v) is 3.50. The first-order valence-corrected chi connectivity index (χ1v) is 6.07. The van der Waals surface area contributed by atoms with Gasteiger partial charge in [0.25, 0.3) is 0 Å². The van der Waals surface area contributed by atoms with Crippen molar-refractivity contribution in [1.29, 1.82) is 0 Å².